The summed E-state index contributed by atoms with van der Waals surface area (Å²) in [7, 11) is 0. The van der Waals surface area contributed by atoms with Crippen LogP contribution in [0.4, 0.5) is 0 Å². The molecule has 1 aliphatic rings. The summed E-state index contributed by atoms with van der Waals surface area (Å²) in [5.41, 5.74) is 4.01. The van der Waals surface area contributed by atoms with Crippen molar-refractivity contribution < 1.29 is 0 Å². The van der Waals surface area contributed by atoms with E-state index in [0.717, 1.165) is 13.0 Å². The third-order valence-corrected chi connectivity index (χ3v) is 4.72. The number of nitrogens with one attached hydrogen (secondary N) is 1. The second kappa shape index (κ2) is 5.06. The standard InChI is InChI=1S/C16H20N2S/c1-10(2)17-9-15-18-16-13-7-5-4-6-12(13)11(3)8-14(16)19-15/h4-7,10-11,17H,8-9H2,1-3H3. The van der Waals surface area contributed by atoms with Gasteiger partial charge in [0.25, 0.3) is 0 Å². The molecule has 19 heavy (non-hydrogen) atoms. The third-order valence-electron chi connectivity index (χ3n) is 3.64. The molecule has 1 N–H and O–H groups in total. The Morgan fingerprint density at radius 2 is 2.16 bits per heavy atom. The molecule has 1 aliphatic carbocycles. The average Bonchev–Trinajstić information content (AvgIpc) is 2.80. The molecule has 0 amide bonds. The highest BCUT2D eigenvalue weighted by Crippen LogP contribution is 2.41. The van der Waals surface area contributed by atoms with Gasteiger partial charge in [-0.2, -0.15) is 0 Å². The molecular formula is C16H20N2S. The highest BCUT2D eigenvalue weighted by molar-refractivity contribution is 7.12. The lowest BCUT2D eigenvalue weighted by atomic mass is 9.86. The van der Waals surface area contributed by atoms with Crippen LogP contribution in [0.25, 0.3) is 11.3 Å². The number of rotatable bonds is 3. The highest BCUT2D eigenvalue weighted by Gasteiger charge is 2.24. The molecule has 100 valence electrons. The number of nitrogens with zero attached hydrogens (tertiary/aromatic N) is 1. The Morgan fingerprint density at radius 3 is 2.95 bits per heavy atom. The molecule has 0 aliphatic heterocycles. The second-order valence-electron chi connectivity index (χ2n) is 5.61. The van der Waals surface area contributed by atoms with Gasteiger partial charge in [0, 0.05) is 23.0 Å². The second-order valence-corrected chi connectivity index (χ2v) is 6.78. The van der Waals surface area contributed by atoms with Crippen molar-refractivity contribution in [3.63, 3.8) is 0 Å². The molecule has 0 saturated carbocycles. The summed E-state index contributed by atoms with van der Waals surface area (Å²) < 4.78 is 0. The molecular weight excluding hydrogens is 252 g/mol. The Balaban J connectivity index is 1.96. The Bertz CT molecular complexity index is 586. The minimum atomic E-state index is 0.507. The lowest BCUT2D eigenvalue weighted by Gasteiger charge is -2.21. The Hall–Kier alpha value is -1.19. The van der Waals surface area contributed by atoms with E-state index in [4.69, 9.17) is 4.98 Å². The van der Waals surface area contributed by atoms with Gasteiger partial charge in [-0.25, -0.2) is 4.98 Å². The van der Waals surface area contributed by atoms with Crippen LogP contribution in [-0.2, 0) is 13.0 Å². The van der Waals surface area contributed by atoms with Gasteiger partial charge in [0.2, 0.25) is 0 Å². The van der Waals surface area contributed by atoms with Crippen LogP contribution in [0.2, 0.25) is 0 Å². The van der Waals surface area contributed by atoms with E-state index in [-0.39, 0.29) is 0 Å². The molecule has 2 aromatic rings. The lowest BCUT2D eigenvalue weighted by Crippen LogP contribution is -2.21. The predicted octanol–water partition coefficient (Wildman–Crippen LogP) is 3.97. The van der Waals surface area contributed by atoms with E-state index in [1.807, 2.05) is 11.3 Å². The van der Waals surface area contributed by atoms with Crippen LogP contribution in [0.5, 0.6) is 0 Å². The van der Waals surface area contributed by atoms with Gasteiger partial charge in [-0.3, -0.25) is 0 Å². The molecule has 2 nitrogen and oxygen atoms in total. The maximum absolute atomic E-state index is 4.85. The molecule has 1 aromatic heterocycles. The molecule has 3 rings (SSSR count). The Morgan fingerprint density at radius 1 is 1.37 bits per heavy atom. The highest BCUT2D eigenvalue weighted by atomic mass is 32.1. The first-order valence-corrected chi connectivity index (χ1v) is 7.78. The van der Waals surface area contributed by atoms with Crippen molar-refractivity contribution in [2.45, 2.75) is 45.7 Å². The van der Waals surface area contributed by atoms with Crippen molar-refractivity contribution in [2.24, 2.45) is 0 Å². The Kier molecular flexibility index (Phi) is 3.42. The smallest absolute Gasteiger partial charge is 0.107 e. The van der Waals surface area contributed by atoms with Crippen LogP contribution in [0.3, 0.4) is 0 Å². The first kappa shape index (κ1) is 12.8. The van der Waals surface area contributed by atoms with Crippen molar-refractivity contribution in [3.05, 3.63) is 39.7 Å². The number of hydrogen-bond donors (Lipinski definition) is 1. The fraction of sp³-hybridized carbons (Fsp3) is 0.438. The van der Waals surface area contributed by atoms with E-state index in [1.165, 1.54) is 26.7 Å². The minimum Gasteiger partial charge on any atom is -0.308 e. The zero-order valence-electron chi connectivity index (χ0n) is 11.7. The summed E-state index contributed by atoms with van der Waals surface area (Å²) in [6.07, 6.45) is 1.13. The van der Waals surface area contributed by atoms with Crippen LogP contribution >= 0.6 is 11.3 Å². The van der Waals surface area contributed by atoms with Gasteiger partial charge < -0.3 is 5.32 Å². The van der Waals surface area contributed by atoms with Gasteiger partial charge in [0.15, 0.2) is 0 Å². The zero-order valence-corrected chi connectivity index (χ0v) is 12.6. The quantitative estimate of drug-likeness (QED) is 0.914. The van der Waals surface area contributed by atoms with E-state index in [1.54, 1.807) is 0 Å². The van der Waals surface area contributed by atoms with Crippen LogP contribution in [0, 0.1) is 0 Å². The van der Waals surface area contributed by atoms with Crippen molar-refractivity contribution in [1.82, 2.24) is 10.3 Å². The van der Waals surface area contributed by atoms with E-state index in [2.05, 4.69) is 50.4 Å². The van der Waals surface area contributed by atoms with E-state index >= 15 is 0 Å². The molecule has 0 saturated heterocycles. The van der Waals surface area contributed by atoms with Gasteiger partial charge in [0.05, 0.1) is 5.69 Å². The topological polar surface area (TPSA) is 24.9 Å². The summed E-state index contributed by atoms with van der Waals surface area (Å²) in [4.78, 5) is 6.31. The van der Waals surface area contributed by atoms with Gasteiger partial charge in [-0.1, -0.05) is 45.0 Å². The molecule has 0 bridgehead atoms. The Labute approximate surface area is 118 Å². The van der Waals surface area contributed by atoms with Gasteiger partial charge >= 0.3 is 0 Å². The number of hydrogen-bond acceptors (Lipinski definition) is 3. The molecule has 1 unspecified atom stereocenters. The number of aromatic nitrogens is 1. The van der Waals surface area contributed by atoms with Crippen molar-refractivity contribution >= 4 is 11.3 Å². The largest absolute Gasteiger partial charge is 0.308 e. The van der Waals surface area contributed by atoms with E-state index < -0.39 is 0 Å². The average molecular weight is 272 g/mol. The maximum Gasteiger partial charge on any atom is 0.107 e. The van der Waals surface area contributed by atoms with Crippen LogP contribution < -0.4 is 5.32 Å². The molecule has 1 aromatic carbocycles. The maximum atomic E-state index is 4.85. The summed E-state index contributed by atoms with van der Waals surface area (Å²) in [5, 5.41) is 4.66. The summed E-state index contributed by atoms with van der Waals surface area (Å²) in [6.45, 7) is 7.54. The number of fused-ring (bicyclic) bond motifs is 3. The molecule has 0 fully saturated rings. The fourth-order valence-electron chi connectivity index (χ4n) is 2.65. The molecule has 1 atom stereocenters. The van der Waals surface area contributed by atoms with Crippen molar-refractivity contribution in [3.8, 4) is 11.3 Å². The van der Waals surface area contributed by atoms with Crippen molar-refractivity contribution in [1.29, 1.82) is 0 Å². The number of benzene rings is 1. The molecule has 1 heterocycles. The zero-order chi connectivity index (χ0) is 13.4. The van der Waals surface area contributed by atoms with E-state index in [0.29, 0.717) is 12.0 Å². The normalized spacial score (nSPS) is 17.4. The number of thiazole rings is 1. The summed E-state index contributed by atoms with van der Waals surface area (Å²) in [6, 6.07) is 9.21. The first-order chi connectivity index (χ1) is 9.15. The molecule has 0 spiro atoms. The van der Waals surface area contributed by atoms with Gasteiger partial charge in [-0.05, 0) is 17.9 Å². The minimum absolute atomic E-state index is 0.507. The molecule has 3 heteroatoms. The lowest BCUT2D eigenvalue weighted by molar-refractivity contribution is 0.587. The van der Waals surface area contributed by atoms with Gasteiger partial charge in [0.1, 0.15) is 5.01 Å². The predicted molar refractivity (Wildman–Crippen MR) is 81.6 cm³/mol. The van der Waals surface area contributed by atoms with Gasteiger partial charge in [-0.15, -0.1) is 11.3 Å². The summed E-state index contributed by atoms with van der Waals surface area (Å²) in [5.74, 6) is 0.607. The first-order valence-electron chi connectivity index (χ1n) is 6.96. The van der Waals surface area contributed by atoms with Crippen LogP contribution in [0.15, 0.2) is 24.3 Å². The SMILES string of the molecule is CC(C)NCc1nc2c(s1)CC(C)c1ccccc1-2. The summed E-state index contributed by atoms with van der Waals surface area (Å²) >= 11 is 1.87. The fourth-order valence-corrected chi connectivity index (χ4v) is 3.81. The third kappa shape index (κ3) is 2.45. The van der Waals surface area contributed by atoms with Crippen LogP contribution in [-0.4, -0.2) is 11.0 Å². The monoisotopic (exact) mass is 272 g/mol. The molecule has 0 radical (unpaired) electrons. The van der Waals surface area contributed by atoms with Crippen LogP contribution in [0.1, 0.15) is 42.1 Å². The van der Waals surface area contributed by atoms with Crippen molar-refractivity contribution in [2.75, 3.05) is 0 Å². The van der Waals surface area contributed by atoms with E-state index in [9.17, 15) is 0 Å².